The molecule has 158 valence electrons. The van der Waals surface area contributed by atoms with E-state index >= 15 is 0 Å². The molecule has 1 heterocycles. The highest BCUT2D eigenvalue weighted by Gasteiger charge is 2.33. The summed E-state index contributed by atoms with van der Waals surface area (Å²) in [5.74, 6) is -1.97. The molecule has 0 spiro atoms. The third kappa shape index (κ3) is 5.41. The van der Waals surface area contributed by atoms with E-state index in [0.29, 0.717) is 28.9 Å². The minimum Gasteiger partial charge on any atom is -0.481 e. The fraction of sp³-hybridized carbons (Fsp3) is 0.250. The van der Waals surface area contributed by atoms with Gasteiger partial charge in [0.2, 0.25) is 15.9 Å². The molecule has 10 heteroatoms. The number of halogens is 1. The Morgan fingerprint density at radius 2 is 1.90 bits per heavy atom. The van der Waals surface area contributed by atoms with Crippen LogP contribution in [-0.4, -0.2) is 42.4 Å². The van der Waals surface area contributed by atoms with Crippen LogP contribution in [0.3, 0.4) is 0 Å². The Bertz CT molecular complexity index is 1100. The number of nitrogens with zero attached hydrogens (tertiary/aromatic N) is 2. The number of carbonyl (C=O) groups is 2. The van der Waals surface area contributed by atoms with Crippen molar-refractivity contribution in [3.05, 3.63) is 65.5 Å². The molecule has 1 atom stereocenters. The number of aliphatic carboxylic acids is 1. The normalized spacial score (nSPS) is 16.3. The quantitative estimate of drug-likeness (QED) is 0.697. The summed E-state index contributed by atoms with van der Waals surface area (Å²) in [6.07, 6.45) is 0.802. The van der Waals surface area contributed by atoms with Gasteiger partial charge in [0, 0.05) is 18.5 Å². The number of carbonyl (C=O) groups excluding carboxylic acids is 1. The molecule has 2 aromatic carbocycles. The Kier molecular flexibility index (Phi) is 6.16. The van der Waals surface area contributed by atoms with Gasteiger partial charge >= 0.3 is 5.97 Å². The molecule has 0 unspecified atom stereocenters. The first-order chi connectivity index (χ1) is 14.1. The van der Waals surface area contributed by atoms with E-state index in [1.165, 1.54) is 17.1 Å². The second kappa shape index (κ2) is 8.62. The Balaban J connectivity index is 1.92. The molecule has 1 amide bonds. The molecule has 3 rings (SSSR count). The van der Waals surface area contributed by atoms with E-state index in [2.05, 4.69) is 9.82 Å². The highest BCUT2D eigenvalue weighted by atomic mass is 32.2. The van der Waals surface area contributed by atoms with E-state index in [9.17, 15) is 22.4 Å². The van der Waals surface area contributed by atoms with Gasteiger partial charge in [-0.05, 0) is 35.4 Å². The van der Waals surface area contributed by atoms with Crippen molar-refractivity contribution in [1.29, 1.82) is 0 Å². The summed E-state index contributed by atoms with van der Waals surface area (Å²) in [6.45, 7) is 0. The summed E-state index contributed by atoms with van der Waals surface area (Å²) in [7, 11) is -3.46. The van der Waals surface area contributed by atoms with Crippen LogP contribution >= 0.6 is 0 Å². The lowest BCUT2D eigenvalue weighted by Gasteiger charge is -2.21. The van der Waals surface area contributed by atoms with E-state index in [-0.39, 0.29) is 12.8 Å². The molecule has 0 radical (unpaired) electrons. The van der Waals surface area contributed by atoms with Gasteiger partial charge in [-0.2, -0.15) is 5.10 Å². The van der Waals surface area contributed by atoms with Crippen LogP contribution in [0.1, 0.15) is 36.4 Å². The smallest absolute Gasteiger partial charge is 0.303 e. The van der Waals surface area contributed by atoms with Gasteiger partial charge < -0.3 is 5.11 Å². The average molecular weight is 433 g/mol. The first kappa shape index (κ1) is 21.4. The van der Waals surface area contributed by atoms with Gasteiger partial charge in [0.25, 0.3) is 0 Å². The zero-order valence-electron chi connectivity index (χ0n) is 16.1. The third-order valence-corrected chi connectivity index (χ3v) is 5.08. The number of carboxylic acid groups (broad SMARTS) is 1. The molecule has 0 aliphatic carbocycles. The highest BCUT2D eigenvalue weighted by molar-refractivity contribution is 7.92. The molecule has 30 heavy (non-hydrogen) atoms. The van der Waals surface area contributed by atoms with Crippen LogP contribution in [0.4, 0.5) is 10.1 Å². The molecule has 1 aliphatic heterocycles. The summed E-state index contributed by atoms with van der Waals surface area (Å²) >= 11 is 0. The highest BCUT2D eigenvalue weighted by Crippen LogP contribution is 2.34. The van der Waals surface area contributed by atoms with Crippen molar-refractivity contribution in [2.75, 3.05) is 11.0 Å². The predicted octanol–water partition coefficient (Wildman–Crippen LogP) is 2.74. The van der Waals surface area contributed by atoms with Crippen molar-refractivity contribution < 1.29 is 27.5 Å². The Labute approximate surface area is 173 Å². The summed E-state index contributed by atoms with van der Waals surface area (Å²) in [6, 6.07) is 11.7. The lowest BCUT2D eigenvalue weighted by Crippen LogP contribution is -2.27. The van der Waals surface area contributed by atoms with Gasteiger partial charge in [-0.15, -0.1) is 0 Å². The zero-order chi connectivity index (χ0) is 21.9. The minimum atomic E-state index is -3.46. The van der Waals surface area contributed by atoms with Gasteiger partial charge in [-0.25, -0.2) is 17.8 Å². The number of rotatable bonds is 7. The molecule has 0 bridgehead atoms. The standard InChI is InChI=1S/C20H20FN3O5S/c1-30(28,29)23-16-4-2-3-14(11-16)17-12-18(13-5-7-15(21)8-6-13)24(22-17)19(25)9-10-20(26)27/h2-8,11,18,23H,9-10,12H2,1H3,(H,26,27)/t18-/m0/s1. The first-order valence-electron chi connectivity index (χ1n) is 9.07. The van der Waals surface area contributed by atoms with Crippen LogP contribution in [0, 0.1) is 5.82 Å². The maximum Gasteiger partial charge on any atom is 0.303 e. The number of hydrogen-bond donors (Lipinski definition) is 2. The summed E-state index contributed by atoms with van der Waals surface area (Å²) in [5, 5.41) is 14.5. The molecule has 0 aromatic heterocycles. The van der Waals surface area contributed by atoms with E-state index in [4.69, 9.17) is 5.11 Å². The number of hydrazone groups is 1. The van der Waals surface area contributed by atoms with Crippen molar-refractivity contribution in [3.8, 4) is 0 Å². The van der Waals surface area contributed by atoms with E-state index in [0.717, 1.165) is 6.26 Å². The van der Waals surface area contributed by atoms with Gasteiger partial charge in [-0.3, -0.25) is 14.3 Å². The molecule has 0 saturated heterocycles. The van der Waals surface area contributed by atoms with Crippen LogP contribution in [0.25, 0.3) is 0 Å². The number of amides is 1. The van der Waals surface area contributed by atoms with Crippen molar-refractivity contribution in [2.45, 2.75) is 25.3 Å². The molecule has 2 aromatic rings. The number of anilines is 1. The summed E-state index contributed by atoms with van der Waals surface area (Å²) in [4.78, 5) is 23.5. The largest absolute Gasteiger partial charge is 0.481 e. The monoisotopic (exact) mass is 433 g/mol. The molecular formula is C20H20FN3O5S. The predicted molar refractivity (Wildman–Crippen MR) is 109 cm³/mol. The Morgan fingerprint density at radius 3 is 2.53 bits per heavy atom. The zero-order valence-corrected chi connectivity index (χ0v) is 16.9. The molecular weight excluding hydrogens is 413 g/mol. The van der Waals surface area contributed by atoms with Crippen molar-refractivity contribution in [3.63, 3.8) is 0 Å². The molecule has 8 nitrogen and oxygen atoms in total. The third-order valence-electron chi connectivity index (χ3n) is 4.47. The molecule has 0 fully saturated rings. The van der Waals surface area contributed by atoms with Crippen LogP contribution in [-0.2, 0) is 19.6 Å². The lowest BCUT2D eigenvalue weighted by molar-refractivity contribution is -0.141. The van der Waals surface area contributed by atoms with Gasteiger partial charge in [0.1, 0.15) is 5.82 Å². The average Bonchev–Trinajstić information content (AvgIpc) is 3.11. The number of hydrogen-bond acceptors (Lipinski definition) is 5. The van der Waals surface area contributed by atoms with Crippen molar-refractivity contribution >= 4 is 33.3 Å². The Hall–Kier alpha value is -3.27. The number of carboxylic acids is 1. The fourth-order valence-corrected chi connectivity index (χ4v) is 3.72. The van der Waals surface area contributed by atoms with Crippen molar-refractivity contribution in [1.82, 2.24) is 5.01 Å². The SMILES string of the molecule is CS(=O)(=O)Nc1cccc(C2=NN(C(=O)CCC(=O)O)[C@H](c3ccc(F)cc3)C2)c1. The molecule has 2 N–H and O–H groups in total. The van der Waals surface area contributed by atoms with E-state index in [1.807, 2.05) is 0 Å². The second-order valence-corrected chi connectivity index (χ2v) is 8.65. The van der Waals surface area contributed by atoms with Crippen LogP contribution in [0.15, 0.2) is 53.6 Å². The van der Waals surface area contributed by atoms with Gasteiger partial charge in [0.15, 0.2) is 0 Å². The van der Waals surface area contributed by atoms with E-state index in [1.54, 1.807) is 36.4 Å². The molecule has 1 aliphatic rings. The summed E-state index contributed by atoms with van der Waals surface area (Å²) < 4.78 is 38.7. The van der Waals surface area contributed by atoms with Gasteiger partial charge in [-0.1, -0.05) is 24.3 Å². The van der Waals surface area contributed by atoms with Crippen LogP contribution < -0.4 is 4.72 Å². The number of benzene rings is 2. The van der Waals surface area contributed by atoms with Crippen LogP contribution in [0.5, 0.6) is 0 Å². The maximum atomic E-state index is 13.3. The van der Waals surface area contributed by atoms with E-state index < -0.39 is 33.8 Å². The van der Waals surface area contributed by atoms with Gasteiger partial charge in [0.05, 0.1) is 24.4 Å². The maximum absolute atomic E-state index is 13.3. The number of nitrogens with one attached hydrogen (secondary N) is 1. The first-order valence-corrected chi connectivity index (χ1v) is 11.0. The minimum absolute atomic E-state index is 0.223. The topological polar surface area (TPSA) is 116 Å². The fourth-order valence-electron chi connectivity index (χ4n) is 3.16. The van der Waals surface area contributed by atoms with Crippen LogP contribution in [0.2, 0.25) is 0 Å². The van der Waals surface area contributed by atoms with Crippen molar-refractivity contribution in [2.24, 2.45) is 5.10 Å². The number of sulfonamides is 1. The Morgan fingerprint density at radius 1 is 1.20 bits per heavy atom. The lowest BCUT2D eigenvalue weighted by atomic mass is 9.98. The summed E-state index contributed by atoms with van der Waals surface area (Å²) in [5.41, 5.74) is 2.16. The second-order valence-electron chi connectivity index (χ2n) is 6.91. The molecule has 0 saturated carbocycles.